The van der Waals surface area contributed by atoms with Crippen molar-refractivity contribution in [3.8, 4) is 5.75 Å². The normalized spacial score (nSPS) is 17.7. The molecule has 1 aromatic rings. The average molecular weight is 376 g/mol. The fourth-order valence-electron chi connectivity index (χ4n) is 3.44. The highest BCUT2D eigenvalue weighted by atomic mass is 16.6. The van der Waals surface area contributed by atoms with Crippen LogP contribution in [0.25, 0.3) is 0 Å². The highest BCUT2D eigenvalue weighted by Crippen LogP contribution is 2.21. The zero-order valence-corrected chi connectivity index (χ0v) is 16.1. The third-order valence-electron chi connectivity index (χ3n) is 5.06. The van der Waals surface area contributed by atoms with E-state index in [0.29, 0.717) is 45.9 Å². The summed E-state index contributed by atoms with van der Waals surface area (Å²) in [7, 11) is 1.66. The van der Waals surface area contributed by atoms with E-state index < -0.39 is 0 Å². The lowest BCUT2D eigenvalue weighted by molar-refractivity contribution is 0.0781. The van der Waals surface area contributed by atoms with E-state index in [1.54, 1.807) is 18.9 Å². The highest BCUT2D eigenvalue weighted by Gasteiger charge is 2.29. The lowest BCUT2D eigenvalue weighted by Crippen LogP contribution is -2.57. The molecule has 1 aromatic carbocycles. The number of urea groups is 1. The molecule has 0 bridgehead atoms. The molecule has 0 saturated carbocycles. The van der Waals surface area contributed by atoms with E-state index in [0.717, 1.165) is 24.5 Å². The van der Waals surface area contributed by atoms with Gasteiger partial charge in [-0.1, -0.05) is 0 Å². The standard InChI is InChI=1S/C19H28N4O4/c1-3-27-19(25)23-14-12-22(13-15-23)18(24)21-10-8-20(9-11-21)16-4-6-17(26-2)7-5-16/h4-7H,3,8-15H2,1-2H3. The van der Waals surface area contributed by atoms with Gasteiger partial charge in [0.25, 0.3) is 0 Å². The zero-order valence-electron chi connectivity index (χ0n) is 16.1. The van der Waals surface area contributed by atoms with Gasteiger partial charge in [0.2, 0.25) is 0 Å². The lowest BCUT2D eigenvalue weighted by Gasteiger charge is -2.40. The van der Waals surface area contributed by atoms with Gasteiger partial charge in [0.05, 0.1) is 13.7 Å². The Bertz CT molecular complexity index is 636. The molecule has 0 spiro atoms. The fraction of sp³-hybridized carbons (Fsp3) is 0.579. The first kappa shape index (κ1) is 19.1. The maximum Gasteiger partial charge on any atom is 0.409 e. The molecule has 2 fully saturated rings. The average Bonchev–Trinajstić information content (AvgIpc) is 2.74. The summed E-state index contributed by atoms with van der Waals surface area (Å²) in [5, 5.41) is 0. The van der Waals surface area contributed by atoms with Gasteiger partial charge in [0, 0.05) is 58.0 Å². The number of benzene rings is 1. The van der Waals surface area contributed by atoms with E-state index in [2.05, 4.69) is 4.90 Å². The number of piperazine rings is 2. The molecule has 148 valence electrons. The van der Waals surface area contributed by atoms with Gasteiger partial charge >= 0.3 is 12.1 Å². The number of carbonyl (C=O) groups is 2. The van der Waals surface area contributed by atoms with Gasteiger partial charge < -0.3 is 29.1 Å². The van der Waals surface area contributed by atoms with Gasteiger partial charge in [-0.2, -0.15) is 0 Å². The number of hydrogen-bond acceptors (Lipinski definition) is 5. The van der Waals surface area contributed by atoms with E-state index in [4.69, 9.17) is 9.47 Å². The largest absolute Gasteiger partial charge is 0.497 e. The Hall–Kier alpha value is -2.64. The zero-order chi connectivity index (χ0) is 19.2. The molecule has 0 radical (unpaired) electrons. The second-order valence-electron chi connectivity index (χ2n) is 6.63. The molecule has 8 heteroatoms. The van der Waals surface area contributed by atoms with Crippen molar-refractivity contribution in [3.63, 3.8) is 0 Å². The summed E-state index contributed by atoms with van der Waals surface area (Å²) >= 11 is 0. The van der Waals surface area contributed by atoms with Crippen LogP contribution in [0.15, 0.2) is 24.3 Å². The van der Waals surface area contributed by atoms with Gasteiger partial charge in [0.15, 0.2) is 0 Å². The molecule has 2 aliphatic rings. The van der Waals surface area contributed by atoms with Gasteiger partial charge in [-0.15, -0.1) is 0 Å². The van der Waals surface area contributed by atoms with Crippen LogP contribution >= 0.6 is 0 Å². The van der Waals surface area contributed by atoms with Crippen molar-refractivity contribution >= 4 is 17.8 Å². The number of anilines is 1. The van der Waals surface area contributed by atoms with Crippen molar-refractivity contribution in [2.45, 2.75) is 6.92 Å². The third kappa shape index (κ3) is 4.56. The van der Waals surface area contributed by atoms with Gasteiger partial charge in [-0.3, -0.25) is 0 Å². The van der Waals surface area contributed by atoms with Crippen LogP contribution < -0.4 is 9.64 Å². The van der Waals surface area contributed by atoms with E-state index in [9.17, 15) is 9.59 Å². The Kier molecular flexibility index (Phi) is 6.26. The Labute approximate surface area is 160 Å². The van der Waals surface area contributed by atoms with Crippen LogP contribution in [0, 0.1) is 0 Å². The predicted molar refractivity (Wildman–Crippen MR) is 102 cm³/mol. The molecule has 2 saturated heterocycles. The van der Waals surface area contributed by atoms with Crippen molar-refractivity contribution in [1.29, 1.82) is 0 Å². The first-order valence-corrected chi connectivity index (χ1v) is 9.47. The maximum atomic E-state index is 12.8. The van der Waals surface area contributed by atoms with Crippen LogP contribution in [0.3, 0.4) is 0 Å². The summed E-state index contributed by atoms with van der Waals surface area (Å²) in [6, 6.07) is 8.06. The molecule has 3 amide bonds. The fourth-order valence-corrected chi connectivity index (χ4v) is 3.44. The molecular formula is C19H28N4O4. The number of ether oxygens (including phenoxy) is 2. The number of hydrogen-bond donors (Lipinski definition) is 0. The van der Waals surface area contributed by atoms with E-state index >= 15 is 0 Å². The van der Waals surface area contributed by atoms with Gasteiger partial charge in [0.1, 0.15) is 5.75 Å². The minimum absolute atomic E-state index is 0.0629. The molecule has 0 atom stereocenters. The van der Waals surface area contributed by atoms with Gasteiger partial charge in [-0.25, -0.2) is 9.59 Å². The van der Waals surface area contributed by atoms with Crippen LogP contribution in [0.2, 0.25) is 0 Å². The van der Waals surface area contributed by atoms with Crippen molar-refractivity contribution in [2.24, 2.45) is 0 Å². The number of nitrogens with zero attached hydrogens (tertiary/aromatic N) is 4. The molecule has 0 N–H and O–H groups in total. The van der Waals surface area contributed by atoms with E-state index in [1.165, 1.54) is 0 Å². The molecule has 8 nitrogen and oxygen atoms in total. The molecule has 0 aromatic heterocycles. The lowest BCUT2D eigenvalue weighted by atomic mass is 10.2. The Morgan fingerprint density at radius 1 is 0.852 bits per heavy atom. The molecular weight excluding hydrogens is 348 g/mol. The van der Waals surface area contributed by atoms with Crippen molar-refractivity contribution in [2.75, 3.05) is 71.0 Å². The molecule has 2 aliphatic heterocycles. The first-order valence-electron chi connectivity index (χ1n) is 9.47. The first-order chi connectivity index (χ1) is 13.1. The second kappa shape index (κ2) is 8.83. The highest BCUT2D eigenvalue weighted by molar-refractivity contribution is 5.75. The minimum Gasteiger partial charge on any atom is -0.497 e. The topological polar surface area (TPSA) is 65.6 Å². The summed E-state index contributed by atoms with van der Waals surface area (Å²) in [4.78, 5) is 32.2. The SMILES string of the molecule is CCOC(=O)N1CCN(C(=O)N2CCN(c3ccc(OC)cc3)CC2)CC1. The molecule has 3 rings (SSSR count). The summed E-state index contributed by atoms with van der Waals surface area (Å²) < 4.78 is 10.2. The maximum absolute atomic E-state index is 12.8. The monoisotopic (exact) mass is 376 g/mol. The van der Waals surface area contributed by atoms with Crippen LogP contribution in [-0.2, 0) is 4.74 Å². The van der Waals surface area contributed by atoms with Crippen molar-refractivity contribution < 1.29 is 19.1 Å². The summed E-state index contributed by atoms with van der Waals surface area (Å²) in [6.07, 6.45) is -0.294. The van der Waals surface area contributed by atoms with Crippen LogP contribution in [0.1, 0.15) is 6.92 Å². The van der Waals surface area contributed by atoms with Crippen LogP contribution in [0.5, 0.6) is 5.75 Å². The Morgan fingerprint density at radius 3 is 1.89 bits per heavy atom. The molecule has 2 heterocycles. The summed E-state index contributed by atoms with van der Waals surface area (Å²) in [5.41, 5.74) is 1.14. The Balaban J connectivity index is 1.46. The minimum atomic E-state index is -0.294. The van der Waals surface area contributed by atoms with E-state index in [-0.39, 0.29) is 12.1 Å². The van der Waals surface area contributed by atoms with E-state index in [1.807, 2.05) is 34.1 Å². The summed E-state index contributed by atoms with van der Waals surface area (Å²) in [5.74, 6) is 0.842. The Morgan fingerprint density at radius 2 is 1.37 bits per heavy atom. The molecule has 0 aliphatic carbocycles. The quantitative estimate of drug-likeness (QED) is 0.804. The smallest absolute Gasteiger partial charge is 0.409 e. The predicted octanol–water partition coefficient (Wildman–Crippen LogP) is 1.71. The molecule has 27 heavy (non-hydrogen) atoms. The van der Waals surface area contributed by atoms with Crippen LogP contribution in [0.4, 0.5) is 15.3 Å². The van der Waals surface area contributed by atoms with Crippen molar-refractivity contribution in [1.82, 2.24) is 14.7 Å². The molecule has 0 unspecified atom stereocenters. The van der Waals surface area contributed by atoms with Gasteiger partial charge in [-0.05, 0) is 31.2 Å². The number of amides is 3. The van der Waals surface area contributed by atoms with Crippen LogP contribution in [-0.4, -0.2) is 92.9 Å². The third-order valence-corrected chi connectivity index (χ3v) is 5.06. The summed E-state index contributed by atoms with van der Waals surface area (Å²) in [6.45, 7) is 7.33. The number of rotatable bonds is 3. The number of carbonyl (C=O) groups excluding carboxylic acids is 2. The number of methoxy groups -OCH3 is 1. The van der Waals surface area contributed by atoms with Crippen molar-refractivity contribution in [3.05, 3.63) is 24.3 Å². The second-order valence-corrected chi connectivity index (χ2v) is 6.63.